The molecule has 1 saturated heterocycles. The first-order chi connectivity index (χ1) is 8.50. The summed E-state index contributed by atoms with van der Waals surface area (Å²) < 4.78 is 0. The van der Waals surface area contributed by atoms with Crippen LogP contribution in [0.4, 0.5) is 5.69 Å². The van der Waals surface area contributed by atoms with E-state index in [0.29, 0.717) is 22.2 Å². The van der Waals surface area contributed by atoms with E-state index >= 15 is 0 Å². The van der Waals surface area contributed by atoms with Crippen LogP contribution in [0.2, 0.25) is 5.02 Å². The number of nitrogen functional groups attached to an aromatic ring is 1. The van der Waals surface area contributed by atoms with E-state index in [1.165, 1.54) is 0 Å². The zero-order valence-electron chi connectivity index (χ0n) is 10.8. The number of halogens is 1. The molecule has 1 aromatic carbocycles. The summed E-state index contributed by atoms with van der Waals surface area (Å²) in [6.07, 6.45) is 2.10. The molecular weight excluding hydrogens is 248 g/mol. The van der Waals surface area contributed by atoms with Crippen LogP contribution in [0, 0.1) is 5.92 Å². The third-order valence-corrected chi connectivity index (χ3v) is 4.08. The molecule has 2 rings (SSSR count). The second-order valence-corrected chi connectivity index (χ2v) is 5.56. The monoisotopic (exact) mass is 266 g/mol. The SMILES string of the molecule is CC1CCN(C(=O)c2cccc(N)c2Cl)C(C)C1. The molecule has 0 aromatic heterocycles. The highest BCUT2D eigenvalue weighted by Crippen LogP contribution is 2.28. The van der Waals surface area contributed by atoms with E-state index in [1.807, 2.05) is 4.90 Å². The molecule has 1 aromatic rings. The maximum atomic E-state index is 12.5. The lowest BCUT2D eigenvalue weighted by atomic mass is 9.93. The average Bonchev–Trinajstić information content (AvgIpc) is 2.32. The van der Waals surface area contributed by atoms with Crippen molar-refractivity contribution in [3.05, 3.63) is 28.8 Å². The van der Waals surface area contributed by atoms with Gasteiger partial charge in [-0.1, -0.05) is 24.6 Å². The number of nitrogens with two attached hydrogens (primary N) is 1. The lowest BCUT2D eigenvalue weighted by Gasteiger charge is -2.36. The summed E-state index contributed by atoms with van der Waals surface area (Å²) in [6.45, 7) is 5.12. The molecule has 4 heteroatoms. The molecule has 0 spiro atoms. The first-order valence-corrected chi connectivity index (χ1v) is 6.73. The lowest BCUT2D eigenvalue weighted by molar-refractivity contribution is 0.0589. The molecule has 0 bridgehead atoms. The first-order valence-electron chi connectivity index (χ1n) is 6.35. The molecule has 0 aliphatic carbocycles. The summed E-state index contributed by atoms with van der Waals surface area (Å²) in [5.74, 6) is 0.673. The highest BCUT2D eigenvalue weighted by Gasteiger charge is 2.28. The van der Waals surface area contributed by atoms with Gasteiger partial charge in [-0.3, -0.25) is 4.79 Å². The van der Waals surface area contributed by atoms with E-state index in [2.05, 4.69) is 13.8 Å². The third kappa shape index (κ3) is 2.46. The molecule has 1 aliphatic rings. The Morgan fingerprint density at radius 2 is 2.17 bits per heavy atom. The van der Waals surface area contributed by atoms with Crippen LogP contribution in [0.15, 0.2) is 18.2 Å². The fraction of sp³-hybridized carbons (Fsp3) is 0.500. The molecule has 98 valence electrons. The molecule has 0 radical (unpaired) electrons. The van der Waals surface area contributed by atoms with Crippen LogP contribution in [-0.4, -0.2) is 23.4 Å². The van der Waals surface area contributed by atoms with E-state index in [9.17, 15) is 4.79 Å². The number of piperidine rings is 1. The van der Waals surface area contributed by atoms with Crippen LogP contribution < -0.4 is 5.73 Å². The van der Waals surface area contributed by atoms with Crippen molar-refractivity contribution in [2.24, 2.45) is 5.92 Å². The molecule has 1 fully saturated rings. The van der Waals surface area contributed by atoms with E-state index in [-0.39, 0.29) is 11.9 Å². The summed E-state index contributed by atoms with van der Waals surface area (Å²) in [6, 6.07) is 5.48. The first kappa shape index (κ1) is 13.2. The van der Waals surface area contributed by atoms with Crippen molar-refractivity contribution in [1.29, 1.82) is 0 Å². The van der Waals surface area contributed by atoms with E-state index in [4.69, 9.17) is 17.3 Å². The maximum Gasteiger partial charge on any atom is 0.255 e. The van der Waals surface area contributed by atoms with Crippen LogP contribution in [0.25, 0.3) is 0 Å². The Hall–Kier alpha value is -1.22. The highest BCUT2D eigenvalue weighted by atomic mass is 35.5. The van der Waals surface area contributed by atoms with Gasteiger partial charge in [-0.25, -0.2) is 0 Å². The Kier molecular flexibility index (Phi) is 3.81. The van der Waals surface area contributed by atoms with Gasteiger partial charge < -0.3 is 10.6 Å². The summed E-state index contributed by atoms with van der Waals surface area (Å²) in [5, 5.41) is 0.369. The third-order valence-electron chi connectivity index (χ3n) is 3.66. The minimum Gasteiger partial charge on any atom is -0.398 e. The van der Waals surface area contributed by atoms with Gasteiger partial charge in [0.25, 0.3) is 5.91 Å². The van der Waals surface area contributed by atoms with E-state index in [1.54, 1.807) is 18.2 Å². The Morgan fingerprint density at radius 1 is 1.44 bits per heavy atom. The predicted molar refractivity (Wildman–Crippen MR) is 74.8 cm³/mol. The molecule has 0 saturated carbocycles. The molecule has 2 atom stereocenters. The smallest absolute Gasteiger partial charge is 0.255 e. The van der Waals surface area contributed by atoms with E-state index in [0.717, 1.165) is 19.4 Å². The number of likely N-dealkylation sites (tertiary alicyclic amines) is 1. The van der Waals surface area contributed by atoms with Gasteiger partial charge in [0.2, 0.25) is 0 Å². The molecule has 1 amide bonds. The Bertz CT molecular complexity index is 461. The minimum atomic E-state index is -0.00769. The Labute approximate surface area is 113 Å². The zero-order valence-corrected chi connectivity index (χ0v) is 11.6. The summed E-state index contributed by atoms with van der Waals surface area (Å²) in [7, 11) is 0. The number of nitrogens with zero attached hydrogens (tertiary/aromatic N) is 1. The molecule has 1 heterocycles. The number of hydrogen-bond acceptors (Lipinski definition) is 2. The molecule has 3 nitrogen and oxygen atoms in total. The second-order valence-electron chi connectivity index (χ2n) is 5.19. The fourth-order valence-electron chi connectivity index (χ4n) is 2.58. The highest BCUT2D eigenvalue weighted by molar-refractivity contribution is 6.36. The topological polar surface area (TPSA) is 46.3 Å². The predicted octanol–water partition coefficient (Wildman–Crippen LogP) is 3.18. The molecule has 18 heavy (non-hydrogen) atoms. The summed E-state index contributed by atoms with van der Waals surface area (Å²) in [4.78, 5) is 14.4. The Balaban J connectivity index is 2.23. The van der Waals surface area contributed by atoms with Crippen molar-refractivity contribution in [2.75, 3.05) is 12.3 Å². The Morgan fingerprint density at radius 3 is 2.83 bits per heavy atom. The maximum absolute atomic E-state index is 12.5. The van der Waals surface area contributed by atoms with Gasteiger partial charge in [0, 0.05) is 12.6 Å². The number of amides is 1. The summed E-state index contributed by atoms with van der Waals surface area (Å²) >= 11 is 6.11. The van der Waals surface area contributed by atoms with Crippen LogP contribution in [0.1, 0.15) is 37.0 Å². The van der Waals surface area contributed by atoms with Crippen molar-refractivity contribution in [3.63, 3.8) is 0 Å². The number of carbonyl (C=O) groups is 1. The van der Waals surface area contributed by atoms with Crippen LogP contribution in [0.5, 0.6) is 0 Å². The normalized spacial score (nSPS) is 24.1. The summed E-state index contributed by atoms with van der Waals surface area (Å²) in [5.41, 5.74) is 6.71. The fourth-order valence-corrected chi connectivity index (χ4v) is 2.79. The number of rotatable bonds is 1. The average molecular weight is 267 g/mol. The van der Waals surface area contributed by atoms with Gasteiger partial charge in [-0.2, -0.15) is 0 Å². The van der Waals surface area contributed by atoms with Crippen molar-refractivity contribution in [2.45, 2.75) is 32.7 Å². The number of hydrogen-bond donors (Lipinski definition) is 1. The lowest BCUT2D eigenvalue weighted by Crippen LogP contribution is -2.44. The molecular formula is C14H19ClN2O. The van der Waals surface area contributed by atoms with Gasteiger partial charge in [-0.05, 0) is 37.8 Å². The van der Waals surface area contributed by atoms with Gasteiger partial charge in [0.15, 0.2) is 0 Å². The van der Waals surface area contributed by atoms with Crippen molar-refractivity contribution < 1.29 is 4.79 Å². The molecule has 2 unspecified atom stereocenters. The number of carbonyl (C=O) groups excluding carboxylic acids is 1. The van der Waals surface area contributed by atoms with E-state index < -0.39 is 0 Å². The van der Waals surface area contributed by atoms with Crippen molar-refractivity contribution >= 4 is 23.2 Å². The van der Waals surface area contributed by atoms with Gasteiger partial charge in [0.1, 0.15) is 0 Å². The van der Waals surface area contributed by atoms with Crippen LogP contribution >= 0.6 is 11.6 Å². The standard InChI is InChI=1S/C14H19ClN2O/c1-9-6-7-17(10(2)8-9)14(18)11-4-3-5-12(16)13(11)15/h3-5,9-10H,6-8,16H2,1-2H3. The van der Waals surface area contributed by atoms with Crippen LogP contribution in [-0.2, 0) is 0 Å². The largest absolute Gasteiger partial charge is 0.398 e. The van der Waals surface area contributed by atoms with Gasteiger partial charge in [0.05, 0.1) is 16.3 Å². The number of anilines is 1. The number of benzene rings is 1. The molecule has 1 aliphatic heterocycles. The quantitative estimate of drug-likeness (QED) is 0.794. The van der Waals surface area contributed by atoms with Gasteiger partial charge in [-0.15, -0.1) is 0 Å². The van der Waals surface area contributed by atoms with Gasteiger partial charge >= 0.3 is 0 Å². The molecule has 2 N–H and O–H groups in total. The minimum absolute atomic E-state index is 0.00769. The van der Waals surface area contributed by atoms with Crippen molar-refractivity contribution in [1.82, 2.24) is 4.90 Å². The zero-order chi connectivity index (χ0) is 13.3. The van der Waals surface area contributed by atoms with Crippen molar-refractivity contribution in [3.8, 4) is 0 Å². The van der Waals surface area contributed by atoms with Crippen LogP contribution in [0.3, 0.4) is 0 Å². The second kappa shape index (κ2) is 5.19.